The smallest absolute Gasteiger partial charge is 0.277 e. The van der Waals surface area contributed by atoms with Gasteiger partial charge in [0.15, 0.2) is 17.3 Å². The van der Waals surface area contributed by atoms with E-state index in [2.05, 4.69) is 4.99 Å². The molecule has 0 N–H and O–H groups in total. The third kappa shape index (κ3) is 3.37. The highest BCUT2D eigenvalue weighted by Gasteiger charge is 2.18. The molecule has 0 fully saturated rings. The van der Waals surface area contributed by atoms with Gasteiger partial charge in [-0.2, -0.15) is 0 Å². The number of ketones is 1. The first kappa shape index (κ1) is 17.5. The summed E-state index contributed by atoms with van der Waals surface area (Å²) in [6, 6.07) is 3.08. The van der Waals surface area contributed by atoms with Crippen LogP contribution in [0.25, 0.3) is 0 Å². The van der Waals surface area contributed by atoms with Crippen LogP contribution in [0.5, 0.6) is 17.2 Å². The van der Waals surface area contributed by atoms with Crippen LogP contribution in [0, 0.1) is 0 Å². The predicted molar refractivity (Wildman–Crippen MR) is 90.4 cm³/mol. The highest BCUT2D eigenvalue weighted by Crippen LogP contribution is 2.38. The van der Waals surface area contributed by atoms with E-state index in [-0.39, 0.29) is 5.78 Å². The molecule has 1 amide bonds. The first-order valence-corrected chi connectivity index (χ1v) is 7.25. The van der Waals surface area contributed by atoms with Crippen molar-refractivity contribution in [3.05, 3.63) is 41.0 Å². The van der Waals surface area contributed by atoms with Crippen molar-refractivity contribution in [1.29, 1.82) is 0 Å². The number of benzene rings is 1. The molecule has 0 aromatic heterocycles. The van der Waals surface area contributed by atoms with E-state index >= 15 is 0 Å². The lowest BCUT2D eigenvalue weighted by molar-refractivity contribution is -0.111. The minimum Gasteiger partial charge on any atom is -0.493 e. The molecule has 24 heavy (non-hydrogen) atoms. The van der Waals surface area contributed by atoms with E-state index in [0.29, 0.717) is 39.7 Å². The summed E-state index contributed by atoms with van der Waals surface area (Å²) in [7, 11) is 4.44. The quantitative estimate of drug-likeness (QED) is 0.794. The SMILES string of the molecule is COc1cc(C(=O)N=C2C=C(C)C(=O)C=C2C)cc(OC)c1OC. The number of methoxy groups -OCH3 is 3. The van der Waals surface area contributed by atoms with Crippen molar-refractivity contribution >= 4 is 17.4 Å². The van der Waals surface area contributed by atoms with Crippen molar-refractivity contribution in [2.75, 3.05) is 21.3 Å². The molecule has 0 unspecified atom stereocenters. The highest BCUT2D eigenvalue weighted by molar-refractivity contribution is 6.24. The van der Waals surface area contributed by atoms with Crippen molar-refractivity contribution in [1.82, 2.24) is 0 Å². The Labute approximate surface area is 140 Å². The van der Waals surface area contributed by atoms with Gasteiger partial charge in [0.25, 0.3) is 5.91 Å². The Balaban J connectivity index is 2.45. The average Bonchev–Trinajstić information content (AvgIpc) is 2.57. The summed E-state index contributed by atoms with van der Waals surface area (Å²) in [5.41, 5.74) is 1.95. The zero-order valence-electron chi connectivity index (χ0n) is 14.3. The van der Waals surface area contributed by atoms with E-state index < -0.39 is 5.91 Å². The number of carbonyl (C=O) groups excluding carboxylic acids is 2. The van der Waals surface area contributed by atoms with Crippen molar-refractivity contribution < 1.29 is 23.8 Å². The summed E-state index contributed by atoms with van der Waals surface area (Å²) in [6.45, 7) is 3.42. The van der Waals surface area contributed by atoms with Gasteiger partial charge in [-0.3, -0.25) is 9.59 Å². The maximum Gasteiger partial charge on any atom is 0.277 e. The van der Waals surface area contributed by atoms with E-state index in [1.165, 1.54) is 39.5 Å². The summed E-state index contributed by atoms with van der Waals surface area (Å²) >= 11 is 0. The molecule has 0 radical (unpaired) electrons. The largest absolute Gasteiger partial charge is 0.493 e. The maximum atomic E-state index is 12.5. The molecule has 1 aliphatic rings. The molecule has 126 valence electrons. The van der Waals surface area contributed by atoms with Gasteiger partial charge >= 0.3 is 0 Å². The fourth-order valence-corrected chi connectivity index (χ4v) is 2.27. The minimum atomic E-state index is -0.463. The van der Waals surface area contributed by atoms with Crippen molar-refractivity contribution in [2.24, 2.45) is 4.99 Å². The first-order valence-electron chi connectivity index (χ1n) is 7.25. The second kappa shape index (κ2) is 7.12. The number of ether oxygens (including phenoxy) is 3. The van der Waals surface area contributed by atoms with Gasteiger partial charge in [0, 0.05) is 5.56 Å². The fourth-order valence-electron chi connectivity index (χ4n) is 2.27. The van der Waals surface area contributed by atoms with Crippen LogP contribution < -0.4 is 14.2 Å². The van der Waals surface area contributed by atoms with E-state index in [1.54, 1.807) is 19.9 Å². The van der Waals surface area contributed by atoms with Gasteiger partial charge < -0.3 is 14.2 Å². The van der Waals surface area contributed by atoms with Crippen LogP contribution >= 0.6 is 0 Å². The van der Waals surface area contributed by atoms with Crippen molar-refractivity contribution in [3.8, 4) is 17.2 Å². The summed E-state index contributed by atoms with van der Waals surface area (Å²) in [4.78, 5) is 28.2. The Bertz CT molecular complexity index is 762. The van der Waals surface area contributed by atoms with Crippen molar-refractivity contribution in [2.45, 2.75) is 13.8 Å². The zero-order valence-corrected chi connectivity index (χ0v) is 14.3. The van der Waals surface area contributed by atoms with E-state index in [4.69, 9.17) is 14.2 Å². The number of hydrogen-bond donors (Lipinski definition) is 0. The molecule has 1 aliphatic carbocycles. The molecule has 1 aromatic carbocycles. The first-order chi connectivity index (χ1) is 11.4. The van der Waals surface area contributed by atoms with Crippen LogP contribution in [-0.4, -0.2) is 38.7 Å². The van der Waals surface area contributed by atoms with Crippen LogP contribution in [0.1, 0.15) is 24.2 Å². The number of carbonyl (C=O) groups is 2. The topological polar surface area (TPSA) is 74.2 Å². The molecule has 0 aliphatic heterocycles. The lowest BCUT2D eigenvalue weighted by atomic mass is 9.98. The summed E-state index contributed by atoms with van der Waals surface area (Å²) in [6.07, 6.45) is 3.07. The van der Waals surface area contributed by atoms with Gasteiger partial charge in [0.1, 0.15) is 0 Å². The predicted octanol–water partition coefficient (Wildman–Crippen LogP) is 2.77. The Hall–Kier alpha value is -2.89. The Morgan fingerprint density at radius 2 is 1.50 bits per heavy atom. The van der Waals surface area contributed by atoms with Gasteiger partial charge in [-0.25, -0.2) is 4.99 Å². The number of nitrogens with zero attached hydrogens (tertiary/aromatic N) is 1. The second-order valence-corrected chi connectivity index (χ2v) is 5.24. The van der Waals surface area contributed by atoms with Gasteiger partial charge in [0.2, 0.25) is 5.75 Å². The Kier molecular flexibility index (Phi) is 5.18. The third-order valence-electron chi connectivity index (χ3n) is 3.63. The zero-order chi connectivity index (χ0) is 17.9. The molecule has 2 rings (SSSR count). The minimum absolute atomic E-state index is 0.0771. The molecular formula is C18H19NO5. The monoisotopic (exact) mass is 329 g/mol. The molecule has 6 heteroatoms. The number of aliphatic imine (C=N–C) groups is 1. The third-order valence-corrected chi connectivity index (χ3v) is 3.63. The molecule has 0 atom stereocenters. The van der Waals surface area contributed by atoms with Crippen LogP contribution in [0.2, 0.25) is 0 Å². The summed E-state index contributed by atoms with van der Waals surface area (Å²) < 4.78 is 15.7. The molecule has 0 heterocycles. The summed E-state index contributed by atoms with van der Waals surface area (Å²) in [5, 5.41) is 0. The van der Waals surface area contributed by atoms with Crippen LogP contribution in [0.15, 0.2) is 40.4 Å². The molecule has 0 saturated carbocycles. The molecule has 0 spiro atoms. The molecular weight excluding hydrogens is 310 g/mol. The van der Waals surface area contributed by atoms with E-state index in [1.807, 2.05) is 0 Å². The standard InChI is InChI=1S/C18H19NO5/c1-10-7-14(20)11(2)6-13(10)19-18(21)12-8-15(22-3)17(24-5)16(9-12)23-4/h6-9H,1-5H3. The molecule has 0 saturated heterocycles. The van der Waals surface area contributed by atoms with Gasteiger partial charge in [-0.1, -0.05) is 0 Å². The number of hydrogen-bond acceptors (Lipinski definition) is 5. The van der Waals surface area contributed by atoms with Gasteiger partial charge in [-0.05, 0) is 49.3 Å². The molecule has 0 bridgehead atoms. The lowest BCUT2D eigenvalue weighted by Crippen LogP contribution is -2.12. The average molecular weight is 329 g/mol. The normalized spacial score (nSPS) is 15.7. The Morgan fingerprint density at radius 3 is 2.00 bits per heavy atom. The van der Waals surface area contributed by atoms with Crippen molar-refractivity contribution in [3.63, 3.8) is 0 Å². The van der Waals surface area contributed by atoms with E-state index in [9.17, 15) is 9.59 Å². The number of rotatable bonds is 4. The number of allylic oxidation sites excluding steroid dienone is 4. The number of amides is 1. The van der Waals surface area contributed by atoms with E-state index in [0.717, 1.165) is 0 Å². The van der Waals surface area contributed by atoms with Gasteiger partial charge in [-0.15, -0.1) is 0 Å². The molecule has 1 aromatic rings. The Morgan fingerprint density at radius 1 is 0.917 bits per heavy atom. The second-order valence-electron chi connectivity index (χ2n) is 5.24. The van der Waals surface area contributed by atoms with Crippen LogP contribution in [0.3, 0.4) is 0 Å². The maximum absolute atomic E-state index is 12.5. The summed E-state index contributed by atoms with van der Waals surface area (Å²) in [5.74, 6) is 0.609. The van der Waals surface area contributed by atoms with Gasteiger partial charge in [0.05, 0.1) is 27.0 Å². The molecule has 6 nitrogen and oxygen atoms in total. The lowest BCUT2D eigenvalue weighted by Gasteiger charge is -2.13. The fraction of sp³-hybridized carbons (Fsp3) is 0.278. The van der Waals surface area contributed by atoms with Crippen LogP contribution in [0.4, 0.5) is 0 Å². The highest BCUT2D eigenvalue weighted by atomic mass is 16.5. The van der Waals surface area contributed by atoms with Crippen LogP contribution in [-0.2, 0) is 4.79 Å².